The molecule has 0 bridgehead atoms. The highest BCUT2D eigenvalue weighted by Gasteiger charge is 2.29. The third-order valence-corrected chi connectivity index (χ3v) is 3.81. The topological polar surface area (TPSA) is 100 Å². The molecule has 0 saturated carbocycles. The molecule has 1 fully saturated rings. The highest BCUT2D eigenvalue weighted by atomic mass is 16.3. The Kier molecular flexibility index (Phi) is 3.38. The lowest BCUT2D eigenvalue weighted by molar-refractivity contribution is 0.174. The van der Waals surface area contributed by atoms with Gasteiger partial charge in [0.25, 0.3) is 0 Å². The zero-order chi connectivity index (χ0) is 15.1. The summed E-state index contributed by atoms with van der Waals surface area (Å²) in [6.45, 7) is 5.27. The number of nitrogens with zero attached hydrogens (tertiary/aromatic N) is 4. The number of nitrogens with two attached hydrogens (primary N) is 1. The number of aromatic nitrogens is 3. The molecular formula is C14H20N6O. The fourth-order valence-electron chi connectivity index (χ4n) is 2.86. The van der Waals surface area contributed by atoms with Crippen LogP contribution in [0.2, 0.25) is 0 Å². The molecule has 0 unspecified atom stereocenters. The molecule has 2 aromatic heterocycles. The molecule has 7 nitrogen and oxygen atoms in total. The first kappa shape index (κ1) is 14.0. The van der Waals surface area contributed by atoms with Gasteiger partial charge in [-0.2, -0.15) is 9.97 Å². The highest BCUT2D eigenvalue weighted by Crippen LogP contribution is 2.23. The van der Waals surface area contributed by atoms with Crippen LogP contribution in [0.25, 0.3) is 11.0 Å². The normalized spacial score (nSPS) is 22.9. The second-order valence-corrected chi connectivity index (χ2v) is 5.75. The van der Waals surface area contributed by atoms with Crippen LogP contribution in [0.3, 0.4) is 0 Å². The van der Waals surface area contributed by atoms with Gasteiger partial charge in [-0.15, -0.1) is 0 Å². The average Bonchev–Trinajstić information content (AvgIpc) is 2.66. The number of anilines is 2. The Bertz CT molecular complexity index is 689. The maximum atomic E-state index is 9.98. The number of nitrogen functional groups attached to an aromatic ring is 1. The van der Waals surface area contributed by atoms with Crippen LogP contribution < -0.4 is 11.1 Å². The largest absolute Gasteiger partial charge is 0.390 e. The molecule has 1 aliphatic heterocycles. The predicted molar refractivity (Wildman–Crippen MR) is 82.1 cm³/mol. The quantitative estimate of drug-likeness (QED) is 0.731. The number of β-amino-alcohol motifs (C(OH)–C–C–N with tert-alkyl or cyclic N) is 1. The van der Waals surface area contributed by atoms with E-state index >= 15 is 0 Å². The van der Waals surface area contributed by atoms with Crippen molar-refractivity contribution >= 4 is 22.8 Å². The number of rotatable bonds is 2. The standard InChI is InChI=1S/C14H20N6O/c1-7-4-8(2)16-13-11(7)12(15)18-14(19-13)17-9-5-20(3)6-10(9)21/h4,9-10,21H,5-6H2,1-3H3,(H3,15,16,17,18,19)/t9-,10-/m0/s1. The van der Waals surface area contributed by atoms with Crippen LogP contribution in [0.15, 0.2) is 6.07 Å². The van der Waals surface area contributed by atoms with E-state index in [4.69, 9.17) is 5.73 Å². The van der Waals surface area contributed by atoms with Gasteiger partial charge in [0.2, 0.25) is 5.95 Å². The lowest BCUT2D eigenvalue weighted by atomic mass is 10.1. The van der Waals surface area contributed by atoms with Crippen molar-refractivity contribution in [3.05, 3.63) is 17.3 Å². The van der Waals surface area contributed by atoms with Crippen molar-refractivity contribution in [2.45, 2.75) is 26.0 Å². The Balaban J connectivity index is 1.97. The van der Waals surface area contributed by atoms with Crippen molar-refractivity contribution in [3.63, 3.8) is 0 Å². The molecule has 1 saturated heterocycles. The van der Waals surface area contributed by atoms with E-state index in [0.29, 0.717) is 24.0 Å². The summed E-state index contributed by atoms with van der Waals surface area (Å²) in [5.41, 5.74) is 8.54. The minimum absolute atomic E-state index is 0.0993. The van der Waals surface area contributed by atoms with Crippen molar-refractivity contribution in [1.82, 2.24) is 19.9 Å². The molecule has 2 atom stereocenters. The van der Waals surface area contributed by atoms with E-state index in [1.807, 2.05) is 27.0 Å². The number of aliphatic hydroxyl groups is 1. The van der Waals surface area contributed by atoms with Gasteiger partial charge in [0, 0.05) is 18.8 Å². The minimum atomic E-state index is -0.442. The van der Waals surface area contributed by atoms with E-state index in [1.54, 1.807) is 0 Å². The van der Waals surface area contributed by atoms with Crippen molar-refractivity contribution in [2.75, 3.05) is 31.2 Å². The number of fused-ring (bicyclic) bond motifs is 1. The maximum Gasteiger partial charge on any atom is 0.227 e. The molecule has 0 radical (unpaired) electrons. The zero-order valence-electron chi connectivity index (χ0n) is 12.5. The molecular weight excluding hydrogens is 268 g/mol. The van der Waals surface area contributed by atoms with Crippen LogP contribution in [0.1, 0.15) is 11.3 Å². The zero-order valence-corrected chi connectivity index (χ0v) is 12.5. The first-order valence-electron chi connectivity index (χ1n) is 6.98. The van der Waals surface area contributed by atoms with E-state index in [-0.39, 0.29) is 6.04 Å². The van der Waals surface area contributed by atoms with Crippen LogP contribution >= 0.6 is 0 Å². The van der Waals surface area contributed by atoms with Crippen LogP contribution in [0.4, 0.5) is 11.8 Å². The summed E-state index contributed by atoms with van der Waals surface area (Å²) in [7, 11) is 1.97. The van der Waals surface area contributed by atoms with E-state index in [2.05, 4.69) is 25.2 Å². The lowest BCUT2D eigenvalue weighted by Crippen LogP contribution is -2.32. The first-order chi connectivity index (χ1) is 9.94. The van der Waals surface area contributed by atoms with Crippen LogP contribution in [0, 0.1) is 13.8 Å². The molecule has 112 valence electrons. The SMILES string of the molecule is Cc1cc(C)c2c(N)nc(N[C@H]3CN(C)C[C@@H]3O)nc2n1. The summed E-state index contributed by atoms with van der Waals surface area (Å²) in [5.74, 6) is 0.824. The Hall–Kier alpha value is -1.99. The molecule has 4 N–H and O–H groups in total. The number of pyridine rings is 1. The Morgan fingerprint density at radius 2 is 2.05 bits per heavy atom. The van der Waals surface area contributed by atoms with E-state index < -0.39 is 6.10 Å². The van der Waals surface area contributed by atoms with Gasteiger partial charge in [0.05, 0.1) is 17.5 Å². The van der Waals surface area contributed by atoms with Crippen molar-refractivity contribution in [2.24, 2.45) is 0 Å². The smallest absolute Gasteiger partial charge is 0.227 e. The molecule has 2 aromatic rings. The predicted octanol–water partition coefficient (Wildman–Crippen LogP) is 0.311. The molecule has 3 rings (SSSR count). The molecule has 21 heavy (non-hydrogen) atoms. The van der Waals surface area contributed by atoms with Gasteiger partial charge in [0.15, 0.2) is 5.65 Å². The summed E-state index contributed by atoms with van der Waals surface area (Å²) in [6.07, 6.45) is -0.442. The van der Waals surface area contributed by atoms with Crippen molar-refractivity contribution < 1.29 is 5.11 Å². The summed E-state index contributed by atoms with van der Waals surface area (Å²) < 4.78 is 0. The van der Waals surface area contributed by atoms with Crippen LogP contribution in [-0.4, -0.2) is 57.2 Å². The number of hydrogen-bond donors (Lipinski definition) is 3. The molecule has 0 aliphatic carbocycles. The minimum Gasteiger partial charge on any atom is -0.390 e. The van der Waals surface area contributed by atoms with Gasteiger partial charge in [-0.25, -0.2) is 4.98 Å². The number of aliphatic hydroxyl groups excluding tert-OH is 1. The van der Waals surface area contributed by atoms with Crippen molar-refractivity contribution in [1.29, 1.82) is 0 Å². The monoisotopic (exact) mass is 288 g/mol. The van der Waals surface area contributed by atoms with E-state index in [9.17, 15) is 5.11 Å². The summed E-state index contributed by atoms with van der Waals surface area (Å²) >= 11 is 0. The molecule has 0 amide bonds. The Labute approximate surface area is 123 Å². The molecule has 0 aromatic carbocycles. The second kappa shape index (κ2) is 5.09. The number of nitrogens with one attached hydrogen (secondary N) is 1. The highest BCUT2D eigenvalue weighted by molar-refractivity contribution is 5.89. The molecule has 7 heteroatoms. The fourth-order valence-corrected chi connectivity index (χ4v) is 2.86. The molecule has 3 heterocycles. The number of aryl methyl sites for hydroxylation is 2. The van der Waals surface area contributed by atoms with Gasteiger partial charge in [-0.1, -0.05) is 0 Å². The Morgan fingerprint density at radius 3 is 2.71 bits per heavy atom. The second-order valence-electron chi connectivity index (χ2n) is 5.75. The third kappa shape index (κ3) is 2.62. The Morgan fingerprint density at radius 1 is 1.29 bits per heavy atom. The summed E-state index contributed by atoms with van der Waals surface area (Å²) in [4.78, 5) is 15.2. The third-order valence-electron chi connectivity index (χ3n) is 3.81. The van der Waals surface area contributed by atoms with E-state index in [1.165, 1.54) is 0 Å². The number of hydrogen-bond acceptors (Lipinski definition) is 7. The van der Waals surface area contributed by atoms with Gasteiger partial charge < -0.3 is 21.1 Å². The molecule has 0 spiro atoms. The molecule has 1 aliphatic rings. The van der Waals surface area contributed by atoms with E-state index in [0.717, 1.165) is 23.2 Å². The van der Waals surface area contributed by atoms with Gasteiger partial charge in [-0.3, -0.25) is 0 Å². The summed E-state index contributed by atoms with van der Waals surface area (Å²) in [6, 6.07) is 1.86. The van der Waals surface area contributed by atoms with Gasteiger partial charge in [-0.05, 0) is 32.5 Å². The first-order valence-corrected chi connectivity index (χ1v) is 6.98. The van der Waals surface area contributed by atoms with Crippen LogP contribution in [-0.2, 0) is 0 Å². The number of likely N-dealkylation sites (N-methyl/N-ethyl adjacent to an activating group) is 1. The summed E-state index contributed by atoms with van der Waals surface area (Å²) in [5, 5.41) is 13.9. The van der Waals surface area contributed by atoms with Gasteiger partial charge >= 0.3 is 0 Å². The number of likely N-dealkylation sites (tertiary alicyclic amines) is 1. The average molecular weight is 288 g/mol. The maximum absolute atomic E-state index is 9.98. The van der Waals surface area contributed by atoms with Crippen LogP contribution in [0.5, 0.6) is 0 Å². The van der Waals surface area contributed by atoms with Crippen molar-refractivity contribution in [3.8, 4) is 0 Å². The van der Waals surface area contributed by atoms with Gasteiger partial charge in [0.1, 0.15) is 5.82 Å². The fraction of sp³-hybridized carbons (Fsp3) is 0.500. The lowest BCUT2D eigenvalue weighted by Gasteiger charge is -2.16.